The average Bonchev–Trinajstić information content (AvgIpc) is 2.53. The van der Waals surface area contributed by atoms with Crippen molar-refractivity contribution in [2.45, 2.75) is 32.4 Å². The van der Waals surface area contributed by atoms with Crippen LogP contribution in [0.3, 0.4) is 0 Å². The average molecular weight is 283 g/mol. The second kappa shape index (κ2) is 7.04. The van der Waals surface area contributed by atoms with Gasteiger partial charge in [0.15, 0.2) is 0 Å². The SMILES string of the molecule is CC(NCc1ccc(C(C)C(=O)O)cc1)c1ccccc1. The highest BCUT2D eigenvalue weighted by molar-refractivity contribution is 5.75. The summed E-state index contributed by atoms with van der Waals surface area (Å²) in [5.41, 5.74) is 3.25. The smallest absolute Gasteiger partial charge is 0.310 e. The normalized spacial score (nSPS) is 13.6. The Bertz CT molecular complexity index is 578. The number of hydrogen-bond donors (Lipinski definition) is 2. The van der Waals surface area contributed by atoms with Crippen LogP contribution < -0.4 is 5.32 Å². The van der Waals surface area contributed by atoms with E-state index in [1.54, 1.807) is 6.92 Å². The van der Waals surface area contributed by atoms with Crippen LogP contribution in [0.5, 0.6) is 0 Å². The van der Waals surface area contributed by atoms with Crippen LogP contribution in [0.25, 0.3) is 0 Å². The Morgan fingerprint density at radius 3 is 2.19 bits per heavy atom. The zero-order valence-corrected chi connectivity index (χ0v) is 12.4. The van der Waals surface area contributed by atoms with Gasteiger partial charge in [0.1, 0.15) is 0 Å². The molecule has 0 fully saturated rings. The fourth-order valence-corrected chi connectivity index (χ4v) is 2.20. The number of carboxylic acids is 1. The first-order valence-corrected chi connectivity index (χ1v) is 7.18. The third kappa shape index (κ3) is 4.17. The summed E-state index contributed by atoms with van der Waals surface area (Å²) in [6.07, 6.45) is 0. The van der Waals surface area contributed by atoms with E-state index in [1.165, 1.54) is 5.56 Å². The molecule has 0 aliphatic carbocycles. The van der Waals surface area contributed by atoms with Crippen molar-refractivity contribution in [2.75, 3.05) is 0 Å². The molecule has 2 rings (SSSR count). The number of aliphatic carboxylic acids is 1. The number of nitrogens with one attached hydrogen (secondary N) is 1. The molecule has 0 bridgehead atoms. The number of carboxylic acid groups (broad SMARTS) is 1. The molecule has 0 spiro atoms. The Labute approximate surface area is 125 Å². The Morgan fingerprint density at radius 2 is 1.62 bits per heavy atom. The third-order valence-corrected chi connectivity index (χ3v) is 3.76. The Hall–Kier alpha value is -2.13. The second-order valence-corrected chi connectivity index (χ2v) is 5.31. The molecular weight excluding hydrogens is 262 g/mol. The van der Waals surface area contributed by atoms with Gasteiger partial charge >= 0.3 is 5.97 Å². The Balaban J connectivity index is 1.93. The summed E-state index contributed by atoms with van der Waals surface area (Å²) in [4.78, 5) is 10.9. The molecule has 2 aromatic rings. The van der Waals surface area contributed by atoms with E-state index in [-0.39, 0.29) is 6.04 Å². The monoisotopic (exact) mass is 283 g/mol. The molecule has 3 nitrogen and oxygen atoms in total. The van der Waals surface area contributed by atoms with Gasteiger partial charge in [-0.15, -0.1) is 0 Å². The Morgan fingerprint density at radius 1 is 1.00 bits per heavy atom. The van der Waals surface area contributed by atoms with Gasteiger partial charge in [-0.25, -0.2) is 0 Å². The number of benzene rings is 2. The van der Waals surface area contributed by atoms with Crippen molar-refractivity contribution < 1.29 is 9.90 Å². The van der Waals surface area contributed by atoms with Crippen LogP contribution in [-0.2, 0) is 11.3 Å². The number of rotatable bonds is 6. The largest absolute Gasteiger partial charge is 0.481 e. The van der Waals surface area contributed by atoms with E-state index in [0.717, 1.165) is 17.7 Å². The first-order valence-electron chi connectivity index (χ1n) is 7.18. The summed E-state index contributed by atoms with van der Waals surface area (Å²) in [6, 6.07) is 18.3. The van der Waals surface area contributed by atoms with Crippen LogP contribution in [0.2, 0.25) is 0 Å². The lowest BCUT2D eigenvalue weighted by atomic mass is 10.00. The molecule has 0 saturated carbocycles. The molecule has 21 heavy (non-hydrogen) atoms. The third-order valence-electron chi connectivity index (χ3n) is 3.76. The summed E-state index contributed by atoms with van der Waals surface area (Å²) in [5, 5.41) is 12.5. The van der Waals surface area contributed by atoms with Crippen molar-refractivity contribution in [1.82, 2.24) is 5.32 Å². The van der Waals surface area contributed by atoms with E-state index >= 15 is 0 Å². The molecule has 110 valence electrons. The van der Waals surface area contributed by atoms with E-state index in [0.29, 0.717) is 0 Å². The first-order chi connectivity index (χ1) is 10.1. The fourth-order valence-electron chi connectivity index (χ4n) is 2.20. The molecule has 0 aliphatic rings. The highest BCUT2D eigenvalue weighted by Crippen LogP contribution is 2.17. The molecule has 2 aromatic carbocycles. The lowest BCUT2D eigenvalue weighted by molar-refractivity contribution is -0.138. The molecule has 2 atom stereocenters. The zero-order chi connectivity index (χ0) is 15.2. The predicted octanol–water partition coefficient (Wildman–Crippen LogP) is 3.73. The summed E-state index contributed by atoms with van der Waals surface area (Å²) in [6.45, 7) is 4.60. The maximum Gasteiger partial charge on any atom is 0.310 e. The fraction of sp³-hybridized carbons (Fsp3) is 0.278. The van der Waals surface area contributed by atoms with Gasteiger partial charge in [0.25, 0.3) is 0 Å². The van der Waals surface area contributed by atoms with Gasteiger partial charge in [-0.3, -0.25) is 4.79 Å². The molecule has 2 unspecified atom stereocenters. The summed E-state index contributed by atoms with van der Waals surface area (Å²) < 4.78 is 0. The van der Waals surface area contributed by atoms with Crippen LogP contribution in [0.15, 0.2) is 54.6 Å². The van der Waals surface area contributed by atoms with Gasteiger partial charge < -0.3 is 10.4 Å². The van der Waals surface area contributed by atoms with E-state index in [2.05, 4.69) is 24.4 Å². The van der Waals surface area contributed by atoms with Gasteiger partial charge in [-0.1, -0.05) is 54.6 Å². The maximum absolute atomic E-state index is 10.9. The van der Waals surface area contributed by atoms with Gasteiger partial charge in [0, 0.05) is 12.6 Å². The molecule has 0 aromatic heterocycles. The van der Waals surface area contributed by atoms with E-state index < -0.39 is 11.9 Å². The quantitative estimate of drug-likeness (QED) is 0.849. The molecule has 0 heterocycles. The van der Waals surface area contributed by atoms with Crippen LogP contribution >= 0.6 is 0 Å². The Kier molecular flexibility index (Phi) is 5.12. The van der Waals surface area contributed by atoms with Crippen molar-refractivity contribution in [3.63, 3.8) is 0 Å². The molecule has 0 aliphatic heterocycles. The number of carbonyl (C=O) groups is 1. The molecule has 2 N–H and O–H groups in total. The zero-order valence-electron chi connectivity index (χ0n) is 12.4. The van der Waals surface area contributed by atoms with Gasteiger partial charge in [-0.2, -0.15) is 0 Å². The van der Waals surface area contributed by atoms with E-state index in [1.807, 2.05) is 42.5 Å². The standard InChI is InChI=1S/C18H21NO2/c1-13(18(20)21)16-10-8-15(9-11-16)12-19-14(2)17-6-4-3-5-7-17/h3-11,13-14,19H,12H2,1-2H3,(H,20,21). The minimum Gasteiger partial charge on any atom is -0.481 e. The van der Waals surface area contributed by atoms with Crippen LogP contribution in [0.4, 0.5) is 0 Å². The van der Waals surface area contributed by atoms with Crippen molar-refractivity contribution in [2.24, 2.45) is 0 Å². The summed E-state index contributed by atoms with van der Waals surface area (Å²) in [5.74, 6) is -1.26. The number of hydrogen-bond acceptors (Lipinski definition) is 2. The molecule has 0 radical (unpaired) electrons. The van der Waals surface area contributed by atoms with Crippen molar-refractivity contribution in [3.05, 3.63) is 71.3 Å². The van der Waals surface area contributed by atoms with Gasteiger partial charge in [0.2, 0.25) is 0 Å². The van der Waals surface area contributed by atoms with E-state index in [9.17, 15) is 4.79 Å². The van der Waals surface area contributed by atoms with E-state index in [4.69, 9.17) is 5.11 Å². The highest BCUT2D eigenvalue weighted by Gasteiger charge is 2.13. The van der Waals surface area contributed by atoms with Crippen LogP contribution in [0.1, 0.15) is 42.5 Å². The predicted molar refractivity (Wildman–Crippen MR) is 84.2 cm³/mol. The molecule has 3 heteroatoms. The summed E-state index contributed by atoms with van der Waals surface area (Å²) in [7, 11) is 0. The van der Waals surface area contributed by atoms with Crippen molar-refractivity contribution >= 4 is 5.97 Å². The van der Waals surface area contributed by atoms with Crippen LogP contribution in [-0.4, -0.2) is 11.1 Å². The molecular formula is C18H21NO2. The maximum atomic E-state index is 10.9. The lowest BCUT2D eigenvalue weighted by Crippen LogP contribution is -2.18. The molecule has 0 amide bonds. The molecule has 0 saturated heterocycles. The van der Waals surface area contributed by atoms with Gasteiger partial charge in [0.05, 0.1) is 5.92 Å². The van der Waals surface area contributed by atoms with Gasteiger partial charge in [-0.05, 0) is 30.5 Å². The summed E-state index contributed by atoms with van der Waals surface area (Å²) >= 11 is 0. The highest BCUT2D eigenvalue weighted by atomic mass is 16.4. The topological polar surface area (TPSA) is 49.3 Å². The van der Waals surface area contributed by atoms with Crippen LogP contribution in [0, 0.1) is 0 Å². The minimum absolute atomic E-state index is 0.281. The minimum atomic E-state index is -0.793. The van der Waals surface area contributed by atoms with Crippen molar-refractivity contribution in [1.29, 1.82) is 0 Å². The second-order valence-electron chi connectivity index (χ2n) is 5.31. The first kappa shape index (κ1) is 15.3. The lowest BCUT2D eigenvalue weighted by Gasteiger charge is -2.14. The van der Waals surface area contributed by atoms with Crippen molar-refractivity contribution in [3.8, 4) is 0 Å².